The van der Waals surface area contributed by atoms with Crippen LogP contribution in [0.2, 0.25) is 0 Å². The van der Waals surface area contributed by atoms with Crippen molar-refractivity contribution in [2.24, 2.45) is 0 Å². The van der Waals surface area contributed by atoms with Crippen LogP contribution in [-0.2, 0) is 6.18 Å². The van der Waals surface area contributed by atoms with E-state index in [2.05, 4.69) is 4.98 Å². The fourth-order valence-corrected chi connectivity index (χ4v) is 2.02. The van der Waals surface area contributed by atoms with Crippen LogP contribution >= 0.6 is 0 Å². The van der Waals surface area contributed by atoms with Gasteiger partial charge in [0.15, 0.2) is 0 Å². The molecule has 20 heavy (non-hydrogen) atoms. The van der Waals surface area contributed by atoms with Gasteiger partial charge in [0, 0.05) is 18.0 Å². The number of imidazole rings is 1. The SMILES string of the molecule is Cc1ccc(-c2cn3ccc(C(F)(F)F)cc3n2)cc1. The number of halogens is 3. The van der Waals surface area contributed by atoms with Gasteiger partial charge in [-0.1, -0.05) is 29.8 Å². The molecule has 0 spiro atoms. The van der Waals surface area contributed by atoms with Crippen LogP contribution in [0, 0.1) is 6.92 Å². The van der Waals surface area contributed by atoms with Crippen molar-refractivity contribution in [1.29, 1.82) is 0 Å². The third-order valence-corrected chi connectivity index (χ3v) is 3.13. The van der Waals surface area contributed by atoms with Crippen molar-refractivity contribution in [3.05, 3.63) is 59.9 Å². The molecular weight excluding hydrogens is 265 g/mol. The molecule has 3 rings (SSSR count). The van der Waals surface area contributed by atoms with E-state index in [-0.39, 0.29) is 5.65 Å². The van der Waals surface area contributed by atoms with E-state index in [1.54, 1.807) is 10.6 Å². The Labute approximate surface area is 113 Å². The van der Waals surface area contributed by atoms with Crippen molar-refractivity contribution in [3.8, 4) is 11.3 Å². The van der Waals surface area contributed by atoms with Crippen molar-refractivity contribution in [3.63, 3.8) is 0 Å². The summed E-state index contributed by atoms with van der Waals surface area (Å²) in [5, 5.41) is 0. The second kappa shape index (κ2) is 4.37. The molecule has 2 aromatic heterocycles. The van der Waals surface area contributed by atoms with Crippen molar-refractivity contribution in [2.75, 3.05) is 0 Å². The number of hydrogen-bond donors (Lipinski definition) is 0. The van der Waals surface area contributed by atoms with Gasteiger partial charge in [-0.2, -0.15) is 13.2 Å². The molecule has 5 heteroatoms. The van der Waals surface area contributed by atoms with Crippen molar-refractivity contribution in [1.82, 2.24) is 9.38 Å². The van der Waals surface area contributed by atoms with Gasteiger partial charge >= 0.3 is 6.18 Å². The Hall–Kier alpha value is -2.30. The predicted molar refractivity (Wildman–Crippen MR) is 70.4 cm³/mol. The first-order valence-corrected chi connectivity index (χ1v) is 6.06. The standard InChI is InChI=1S/C15H11F3N2/c1-10-2-4-11(5-3-10)13-9-20-7-6-12(15(16,17)18)8-14(20)19-13/h2-9H,1H3. The van der Waals surface area contributed by atoms with Crippen LogP contribution in [0.4, 0.5) is 13.2 Å². The Kier molecular flexibility index (Phi) is 2.78. The van der Waals surface area contributed by atoms with Gasteiger partial charge in [-0.15, -0.1) is 0 Å². The number of nitrogens with zero attached hydrogens (tertiary/aromatic N) is 2. The number of rotatable bonds is 1. The summed E-state index contributed by atoms with van der Waals surface area (Å²) in [6, 6.07) is 9.80. The third kappa shape index (κ3) is 2.27. The minimum Gasteiger partial charge on any atom is -0.306 e. The molecule has 1 aromatic carbocycles. The minimum atomic E-state index is -4.35. The van der Waals surface area contributed by atoms with E-state index in [0.29, 0.717) is 5.69 Å². The molecule has 0 unspecified atom stereocenters. The summed E-state index contributed by atoms with van der Waals surface area (Å²) in [7, 11) is 0. The van der Waals surface area contributed by atoms with Gasteiger partial charge in [0.2, 0.25) is 0 Å². The fraction of sp³-hybridized carbons (Fsp3) is 0.133. The van der Waals surface area contributed by atoms with Gasteiger partial charge in [-0.3, -0.25) is 0 Å². The Balaban J connectivity index is 2.09. The Morgan fingerprint density at radius 1 is 1.05 bits per heavy atom. The average molecular weight is 276 g/mol. The van der Waals surface area contributed by atoms with E-state index < -0.39 is 11.7 Å². The second-order valence-electron chi connectivity index (χ2n) is 4.67. The van der Waals surface area contributed by atoms with E-state index >= 15 is 0 Å². The zero-order chi connectivity index (χ0) is 14.3. The Morgan fingerprint density at radius 3 is 2.40 bits per heavy atom. The van der Waals surface area contributed by atoms with Gasteiger partial charge in [-0.05, 0) is 19.1 Å². The molecule has 0 amide bonds. The molecule has 0 aliphatic carbocycles. The third-order valence-electron chi connectivity index (χ3n) is 3.13. The molecule has 0 atom stereocenters. The second-order valence-corrected chi connectivity index (χ2v) is 4.67. The van der Waals surface area contributed by atoms with Gasteiger partial charge < -0.3 is 4.40 Å². The van der Waals surface area contributed by atoms with Crippen molar-refractivity contribution < 1.29 is 13.2 Å². The van der Waals surface area contributed by atoms with Crippen LogP contribution in [-0.4, -0.2) is 9.38 Å². The highest BCUT2D eigenvalue weighted by atomic mass is 19.4. The summed E-state index contributed by atoms with van der Waals surface area (Å²) >= 11 is 0. The summed E-state index contributed by atoms with van der Waals surface area (Å²) in [6.45, 7) is 1.98. The van der Waals surface area contributed by atoms with E-state index in [9.17, 15) is 13.2 Å². The quantitative estimate of drug-likeness (QED) is 0.646. The summed E-state index contributed by atoms with van der Waals surface area (Å²) < 4.78 is 39.5. The lowest BCUT2D eigenvalue weighted by atomic mass is 10.1. The summed E-state index contributed by atoms with van der Waals surface area (Å²) in [5.41, 5.74) is 2.26. The van der Waals surface area contributed by atoms with E-state index in [0.717, 1.165) is 23.3 Å². The zero-order valence-electron chi connectivity index (χ0n) is 10.6. The smallest absolute Gasteiger partial charge is 0.306 e. The predicted octanol–water partition coefficient (Wildman–Crippen LogP) is 4.33. The highest BCUT2D eigenvalue weighted by Crippen LogP contribution is 2.30. The average Bonchev–Trinajstić information content (AvgIpc) is 2.81. The Bertz CT molecular complexity index is 755. The number of aryl methyl sites for hydroxylation is 1. The first kappa shape index (κ1) is 12.7. The molecular formula is C15H11F3N2. The van der Waals surface area contributed by atoms with Gasteiger partial charge in [-0.25, -0.2) is 4.98 Å². The molecule has 0 saturated carbocycles. The van der Waals surface area contributed by atoms with Crippen LogP contribution in [0.1, 0.15) is 11.1 Å². The highest BCUT2D eigenvalue weighted by molar-refractivity contribution is 5.63. The number of aromatic nitrogens is 2. The lowest BCUT2D eigenvalue weighted by Gasteiger charge is -2.05. The molecule has 0 aliphatic rings. The maximum atomic E-state index is 12.7. The van der Waals surface area contributed by atoms with E-state index in [1.165, 1.54) is 6.20 Å². The normalized spacial score (nSPS) is 12.0. The molecule has 2 heterocycles. The molecule has 0 fully saturated rings. The van der Waals surface area contributed by atoms with Gasteiger partial charge in [0.05, 0.1) is 11.3 Å². The number of pyridine rings is 1. The molecule has 0 N–H and O–H groups in total. The maximum absolute atomic E-state index is 12.7. The maximum Gasteiger partial charge on any atom is 0.416 e. The first-order valence-electron chi connectivity index (χ1n) is 6.06. The summed E-state index contributed by atoms with van der Waals surface area (Å²) in [4.78, 5) is 4.25. The summed E-state index contributed by atoms with van der Waals surface area (Å²) in [5.74, 6) is 0. The molecule has 0 aliphatic heterocycles. The number of fused-ring (bicyclic) bond motifs is 1. The number of benzene rings is 1. The summed E-state index contributed by atoms with van der Waals surface area (Å²) in [6.07, 6.45) is -1.25. The van der Waals surface area contributed by atoms with Crippen LogP contribution < -0.4 is 0 Å². The van der Waals surface area contributed by atoms with Gasteiger partial charge in [0.25, 0.3) is 0 Å². The molecule has 2 nitrogen and oxygen atoms in total. The molecule has 0 radical (unpaired) electrons. The van der Waals surface area contributed by atoms with Gasteiger partial charge in [0.1, 0.15) is 5.65 Å². The lowest BCUT2D eigenvalue weighted by Crippen LogP contribution is -2.05. The molecule has 3 aromatic rings. The van der Waals surface area contributed by atoms with Crippen LogP contribution in [0.3, 0.4) is 0 Å². The monoisotopic (exact) mass is 276 g/mol. The van der Waals surface area contributed by atoms with E-state index in [4.69, 9.17) is 0 Å². The molecule has 102 valence electrons. The first-order chi connectivity index (χ1) is 9.43. The largest absolute Gasteiger partial charge is 0.416 e. The number of hydrogen-bond acceptors (Lipinski definition) is 1. The van der Waals surface area contributed by atoms with Crippen LogP contribution in [0.5, 0.6) is 0 Å². The lowest BCUT2D eigenvalue weighted by molar-refractivity contribution is -0.137. The van der Waals surface area contributed by atoms with Crippen molar-refractivity contribution in [2.45, 2.75) is 13.1 Å². The van der Waals surface area contributed by atoms with Crippen LogP contribution in [0.25, 0.3) is 16.9 Å². The van der Waals surface area contributed by atoms with E-state index in [1.807, 2.05) is 31.2 Å². The zero-order valence-corrected chi connectivity index (χ0v) is 10.6. The fourth-order valence-electron chi connectivity index (χ4n) is 2.02. The molecule has 0 bridgehead atoms. The number of alkyl halides is 3. The Morgan fingerprint density at radius 2 is 1.75 bits per heavy atom. The minimum absolute atomic E-state index is 0.287. The highest BCUT2D eigenvalue weighted by Gasteiger charge is 2.30. The topological polar surface area (TPSA) is 17.3 Å². The van der Waals surface area contributed by atoms with Crippen molar-refractivity contribution >= 4 is 5.65 Å². The molecule has 0 saturated heterocycles. The van der Waals surface area contributed by atoms with Crippen LogP contribution in [0.15, 0.2) is 48.8 Å².